The molecule has 1 heterocycles. The van der Waals surface area contributed by atoms with Crippen molar-refractivity contribution in [2.45, 2.75) is 11.7 Å². The lowest BCUT2D eigenvalue weighted by molar-refractivity contribution is -0.394. The average molecular weight is 333 g/mol. The number of carbonyl (C=O) groups is 1. The number of halogens is 1. The number of nitro groups is 2. The molecule has 1 aliphatic heterocycles. The van der Waals surface area contributed by atoms with Crippen molar-refractivity contribution in [2.75, 3.05) is 11.4 Å². The molecule has 0 N–H and O–H groups in total. The summed E-state index contributed by atoms with van der Waals surface area (Å²) < 4.78 is 34.6. The highest BCUT2D eigenvalue weighted by atomic mass is 32.3. The summed E-state index contributed by atoms with van der Waals surface area (Å²) in [5.74, 6) is -0.791. The first-order valence-corrected chi connectivity index (χ1v) is 7.22. The van der Waals surface area contributed by atoms with Crippen molar-refractivity contribution in [3.05, 3.63) is 38.4 Å². The highest BCUT2D eigenvalue weighted by Crippen LogP contribution is 2.32. The third kappa shape index (κ3) is 3.00. The number of hydrogen-bond donors (Lipinski definition) is 0. The summed E-state index contributed by atoms with van der Waals surface area (Å²) in [6.45, 7) is -0.560. The van der Waals surface area contributed by atoms with E-state index in [2.05, 4.69) is 0 Å². The summed E-state index contributed by atoms with van der Waals surface area (Å²) >= 11 is 0. The van der Waals surface area contributed by atoms with Gasteiger partial charge in [0.2, 0.25) is 5.91 Å². The molecule has 1 saturated heterocycles. The standard InChI is InChI=1S/C10H8FN3O7S/c11-22(20,21)9-4-10(15)12(5-9)6-1-7(13(16)17)3-8(2-6)14(18)19/h1-3,9H,4-5H2. The SMILES string of the molecule is O=C1CC(S(=O)(=O)F)CN1c1cc([N+](=O)[O-])cc([N+](=O)[O-])c1. The Labute approximate surface area is 122 Å². The van der Waals surface area contributed by atoms with Gasteiger partial charge in [-0.3, -0.25) is 25.0 Å². The van der Waals surface area contributed by atoms with Crippen LogP contribution in [-0.2, 0) is 15.0 Å². The van der Waals surface area contributed by atoms with Crippen LogP contribution in [0, 0.1) is 20.2 Å². The van der Waals surface area contributed by atoms with Crippen molar-refractivity contribution < 1.29 is 26.9 Å². The van der Waals surface area contributed by atoms with Crippen LogP contribution in [0.15, 0.2) is 18.2 Å². The Hall–Kier alpha value is -2.63. The molecule has 0 radical (unpaired) electrons. The monoisotopic (exact) mass is 333 g/mol. The zero-order valence-corrected chi connectivity index (χ0v) is 11.5. The van der Waals surface area contributed by atoms with Crippen LogP contribution in [0.2, 0.25) is 0 Å². The lowest BCUT2D eigenvalue weighted by Gasteiger charge is -2.15. The molecule has 0 saturated carbocycles. The molecule has 118 valence electrons. The van der Waals surface area contributed by atoms with Gasteiger partial charge in [-0.1, -0.05) is 0 Å². The van der Waals surface area contributed by atoms with Gasteiger partial charge in [-0.15, -0.1) is 3.89 Å². The topological polar surface area (TPSA) is 141 Å². The van der Waals surface area contributed by atoms with Crippen LogP contribution in [0.1, 0.15) is 6.42 Å². The fraction of sp³-hybridized carbons (Fsp3) is 0.300. The summed E-state index contributed by atoms with van der Waals surface area (Å²) in [4.78, 5) is 32.3. The maximum atomic E-state index is 12.9. The molecule has 1 amide bonds. The van der Waals surface area contributed by atoms with Crippen LogP contribution in [0.5, 0.6) is 0 Å². The molecule has 12 heteroatoms. The van der Waals surface area contributed by atoms with Gasteiger partial charge in [-0.05, 0) is 0 Å². The average Bonchev–Trinajstić information content (AvgIpc) is 2.80. The second kappa shape index (κ2) is 5.29. The largest absolute Gasteiger partial charge is 0.310 e. The van der Waals surface area contributed by atoms with Crippen molar-refractivity contribution >= 4 is 33.2 Å². The molecule has 10 nitrogen and oxygen atoms in total. The Morgan fingerprint density at radius 3 is 2.00 bits per heavy atom. The van der Waals surface area contributed by atoms with E-state index in [1.165, 1.54) is 0 Å². The Morgan fingerprint density at radius 1 is 1.14 bits per heavy atom. The fourth-order valence-electron chi connectivity index (χ4n) is 2.06. The highest BCUT2D eigenvalue weighted by molar-refractivity contribution is 7.87. The third-order valence-corrected chi connectivity index (χ3v) is 4.22. The number of anilines is 1. The van der Waals surface area contributed by atoms with Crippen LogP contribution in [0.3, 0.4) is 0 Å². The van der Waals surface area contributed by atoms with Gasteiger partial charge in [0.1, 0.15) is 5.25 Å². The highest BCUT2D eigenvalue weighted by Gasteiger charge is 2.39. The van der Waals surface area contributed by atoms with Crippen molar-refractivity contribution in [3.8, 4) is 0 Å². The van der Waals surface area contributed by atoms with E-state index in [4.69, 9.17) is 0 Å². The molecule has 1 atom stereocenters. The number of hydrogen-bond acceptors (Lipinski definition) is 7. The zero-order chi connectivity index (χ0) is 16.7. The molecule has 22 heavy (non-hydrogen) atoms. The minimum atomic E-state index is -4.96. The number of carbonyl (C=O) groups excluding carboxylic acids is 1. The molecular weight excluding hydrogens is 325 g/mol. The van der Waals surface area contributed by atoms with Crippen molar-refractivity contribution in [3.63, 3.8) is 0 Å². The van der Waals surface area contributed by atoms with Gasteiger partial charge in [-0.25, -0.2) is 0 Å². The predicted molar refractivity (Wildman–Crippen MR) is 70.5 cm³/mol. The minimum absolute atomic E-state index is 0.225. The summed E-state index contributed by atoms with van der Waals surface area (Å²) in [7, 11) is -4.96. The van der Waals surface area contributed by atoms with Gasteiger partial charge in [0, 0.05) is 25.1 Å². The lowest BCUT2D eigenvalue weighted by atomic mass is 10.2. The van der Waals surface area contributed by atoms with Gasteiger partial charge in [-0.2, -0.15) is 8.42 Å². The van der Waals surface area contributed by atoms with E-state index in [-0.39, 0.29) is 5.69 Å². The van der Waals surface area contributed by atoms with Gasteiger partial charge >= 0.3 is 10.2 Å². The quantitative estimate of drug-likeness (QED) is 0.453. The van der Waals surface area contributed by atoms with Crippen LogP contribution in [-0.4, -0.2) is 36.0 Å². The fourth-order valence-corrected chi connectivity index (χ4v) is 2.73. The Balaban J connectivity index is 2.46. The smallest absolute Gasteiger partial charge is 0.307 e. The maximum absolute atomic E-state index is 12.9. The van der Waals surface area contributed by atoms with E-state index < -0.39 is 55.6 Å². The van der Waals surface area contributed by atoms with Gasteiger partial charge in [0.05, 0.1) is 21.6 Å². The molecule has 1 fully saturated rings. The Morgan fingerprint density at radius 2 is 1.64 bits per heavy atom. The molecule has 1 aliphatic rings. The first-order chi connectivity index (χ1) is 10.1. The normalized spacial score (nSPS) is 18.5. The summed E-state index contributed by atoms with van der Waals surface area (Å²) in [5.41, 5.74) is -1.50. The van der Waals surface area contributed by atoms with Crippen LogP contribution in [0.4, 0.5) is 20.9 Å². The number of non-ortho nitro benzene ring substituents is 2. The van der Waals surface area contributed by atoms with Gasteiger partial charge in [0.15, 0.2) is 0 Å². The number of nitro benzene ring substituents is 2. The van der Waals surface area contributed by atoms with Gasteiger partial charge < -0.3 is 4.90 Å². The molecule has 1 aromatic rings. The minimum Gasteiger partial charge on any atom is -0.310 e. The Bertz CT molecular complexity index is 746. The van der Waals surface area contributed by atoms with Crippen molar-refractivity contribution in [2.24, 2.45) is 0 Å². The van der Waals surface area contributed by atoms with Crippen molar-refractivity contribution in [1.29, 1.82) is 0 Å². The maximum Gasteiger partial charge on any atom is 0.307 e. The zero-order valence-electron chi connectivity index (χ0n) is 10.7. The summed E-state index contributed by atoms with van der Waals surface area (Å²) in [6.07, 6.45) is -0.630. The first kappa shape index (κ1) is 15.8. The molecule has 0 aliphatic carbocycles. The second-order valence-corrected chi connectivity index (χ2v) is 6.15. The molecule has 0 bridgehead atoms. The molecule has 1 aromatic carbocycles. The van der Waals surface area contributed by atoms with E-state index in [0.29, 0.717) is 6.07 Å². The second-order valence-electron chi connectivity index (χ2n) is 4.53. The number of amides is 1. The van der Waals surface area contributed by atoms with Crippen LogP contribution >= 0.6 is 0 Å². The van der Waals surface area contributed by atoms with Crippen LogP contribution in [0.25, 0.3) is 0 Å². The van der Waals surface area contributed by atoms with Gasteiger partial charge in [0.25, 0.3) is 11.4 Å². The predicted octanol–water partition coefficient (Wildman–Crippen LogP) is 0.908. The summed E-state index contributed by atoms with van der Waals surface area (Å²) in [6, 6.07) is 2.48. The lowest BCUT2D eigenvalue weighted by Crippen LogP contribution is -2.27. The first-order valence-electron chi connectivity index (χ1n) is 5.77. The number of rotatable bonds is 4. The third-order valence-electron chi connectivity index (χ3n) is 3.11. The molecule has 0 spiro atoms. The number of benzene rings is 1. The molecular formula is C10H8FN3O7S. The van der Waals surface area contributed by atoms with Crippen LogP contribution < -0.4 is 4.90 Å². The van der Waals surface area contributed by atoms with E-state index in [9.17, 15) is 37.3 Å². The summed E-state index contributed by atoms with van der Waals surface area (Å²) in [5, 5.41) is 19.9. The number of nitrogens with zero attached hydrogens (tertiary/aromatic N) is 3. The molecule has 0 aromatic heterocycles. The van der Waals surface area contributed by atoms with E-state index in [0.717, 1.165) is 17.0 Å². The Kier molecular flexibility index (Phi) is 3.79. The van der Waals surface area contributed by atoms with E-state index in [1.54, 1.807) is 0 Å². The van der Waals surface area contributed by atoms with E-state index >= 15 is 0 Å². The van der Waals surface area contributed by atoms with Crippen molar-refractivity contribution in [1.82, 2.24) is 0 Å². The molecule has 2 rings (SSSR count). The van der Waals surface area contributed by atoms with E-state index in [1.807, 2.05) is 0 Å². The molecule has 1 unspecified atom stereocenters.